The monoisotopic (exact) mass is 255 g/mol. The molecule has 0 heterocycles. The van der Waals surface area contributed by atoms with Crippen molar-refractivity contribution in [1.29, 1.82) is 0 Å². The van der Waals surface area contributed by atoms with Gasteiger partial charge in [0.25, 0.3) is 0 Å². The van der Waals surface area contributed by atoms with E-state index in [0.29, 0.717) is 0 Å². The number of benzene rings is 1. The number of rotatable bonds is 2. The molecule has 1 heteroatoms. The van der Waals surface area contributed by atoms with Gasteiger partial charge in [-0.15, -0.1) is 0 Å². The average molecular weight is 255 g/mol. The van der Waals surface area contributed by atoms with Gasteiger partial charge in [0.2, 0.25) is 0 Å². The van der Waals surface area contributed by atoms with Gasteiger partial charge < -0.3 is 5.32 Å². The van der Waals surface area contributed by atoms with Gasteiger partial charge in [-0.2, -0.15) is 0 Å². The lowest BCUT2D eigenvalue weighted by Gasteiger charge is -2.33. The van der Waals surface area contributed by atoms with Crippen LogP contribution in [0.3, 0.4) is 0 Å². The molecule has 4 rings (SSSR count). The Labute approximate surface area is 116 Å². The van der Waals surface area contributed by atoms with E-state index in [9.17, 15) is 0 Å². The molecule has 5 unspecified atom stereocenters. The van der Waals surface area contributed by atoms with E-state index in [1.807, 2.05) is 0 Å². The minimum Gasteiger partial charge on any atom is -0.382 e. The van der Waals surface area contributed by atoms with Gasteiger partial charge >= 0.3 is 0 Å². The van der Waals surface area contributed by atoms with Crippen LogP contribution in [0.2, 0.25) is 0 Å². The van der Waals surface area contributed by atoms with Crippen LogP contribution in [-0.4, -0.2) is 6.04 Å². The third kappa shape index (κ3) is 1.74. The van der Waals surface area contributed by atoms with Crippen molar-refractivity contribution >= 4 is 5.69 Å². The summed E-state index contributed by atoms with van der Waals surface area (Å²) in [6.07, 6.45) is 7.48. The van der Waals surface area contributed by atoms with Crippen LogP contribution in [0.25, 0.3) is 0 Å². The van der Waals surface area contributed by atoms with Gasteiger partial charge in [-0.3, -0.25) is 0 Å². The highest BCUT2D eigenvalue weighted by atomic mass is 15.0. The summed E-state index contributed by atoms with van der Waals surface area (Å²) < 4.78 is 0. The molecule has 1 aromatic rings. The van der Waals surface area contributed by atoms with Crippen LogP contribution in [0, 0.1) is 37.5 Å². The fraction of sp³-hybridized carbons (Fsp3) is 0.667. The number of nitrogens with one attached hydrogen (secondary N) is 1. The molecule has 1 nitrogen and oxygen atoms in total. The van der Waals surface area contributed by atoms with E-state index in [-0.39, 0.29) is 0 Å². The van der Waals surface area contributed by atoms with Gasteiger partial charge in [0.05, 0.1) is 0 Å². The molecule has 0 aromatic heterocycles. The van der Waals surface area contributed by atoms with E-state index >= 15 is 0 Å². The molecule has 0 aliphatic heterocycles. The maximum Gasteiger partial charge on any atom is 0.0374 e. The van der Waals surface area contributed by atoms with Gasteiger partial charge in [-0.05, 0) is 80.4 Å². The largest absolute Gasteiger partial charge is 0.382 e. The molecule has 0 spiro atoms. The van der Waals surface area contributed by atoms with Crippen LogP contribution >= 0.6 is 0 Å². The molecule has 2 bridgehead atoms. The number of hydrogen-bond acceptors (Lipinski definition) is 1. The number of fused-ring (bicyclic) bond motifs is 5. The van der Waals surface area contributed by atoms with E-state index < -0.39 is 0 Å². The van der Waals surface area contributed by atoms with E-state index in [4.69, 9.17) is 0 Å². The molecule has 3 aliphatic carbocycles. The summed E-state index contributed by atoms with van der Waals surface area (Å²) >= 11 is 0. The highest BCUT2D eigenvalue weighted by molar-refractivity contribution is 5.54. The Morgan fingerprint density at radius 3 is 2.74 bits per heavy atom. The third-order valence-electron chi connectivity index (χ3n) is 6.37. The number of aryl methyl sites for hydroxylation is 1. The molecule has 3 fully saturated rings. The van der Waals surface area contributed by atoms with E-state index in [2.05, 4.69) is 37.4 Å². The zero-order valence-corrected chi connectivity index (χ0v) is 12.2. The SMILES string of the molecule is Cc1cccc(NC2CC3CC2C2CCCC32)c1C. The fourth-order valence-corrected chi connectivity index (χ4v) is 5.34. The van der Waals surface area contributed by atoms with Crippen LogP contribution in [0.1, 0.15) is 43.2 Å². The smallest absolute Gasteiger partial charge is 0.0374 e. The van der Waals surface area contributed by atoms with E-state index in [0.717, 1.165) is 29.7 Å². The Balaban J connectivity index is 1.54. The zero-order chi connectivity index (χ0) is 13.0. The Bertz CT molecular complexity index is 492. The van der Waals surface area contributed by atoms with Crippen LogP contribution < -0.4 is 5.32 Å². The zero-order valence-electron chi connectivity index (χ0n) is 12.2. The normalized spacial score (nSPS) is 39.6. The molecule has 3 aliphatic rings. The summed E-state index contributed by atoms with van der Waals surface area (Å²) in [5, 5.41) is 3.89. The van der Waals surface area contributed by atoms with Crippen molar-refractivity contribution in [2.24, 2.45) is 23.7 Å². The van der Waals surface area contributed by atoms with Crippen LogP contribution in [0.15, 0.2) is 18.2 Å². The second-order valence-corrected chi connectivity index (χ2v) is 7.15. The predicted octanol–water partition coefficient (Wildman–Crippen LogP) is 4.54. The third-order valence-corrected chi connectivity index (χ3v) is 6.37. The van der Waals surface area contributed by atoms with Crippen LogP contribution in [0.5, 0.6) is 0 Å². The Kier molecular flexibility index (Phi) is 2.65. The van der Waals surface area contributed by atoms with Crippen molar-refractivity contribution in [3.63, 3.8) is 0 Å². The quantitative estimate of drug-likeness (QED) is 0.818. The first-order chi connectivity index (χ1) is 9.24. The average Bonchev–Trinajstić information content (AvgIpc) is 3.06. The van der Waals surface area contributed by atoms with E-state index in [1.54, 1.807) is 0 Å². The highest BCUT2D eigenvalue weighted by Crippen LogP contribution is 2.59. The first kappa shape index (κ1) is 11.8. The van der Waals surface area contributed by atoms with Crippen molar-refractivity contribution in [2.75, 3.05) is 5.32 Å². The molecule has 0 saturated heterocycles. The molecule has 1 N–H and O–H groups in total. The molecule has 0 radical (unpaired) electrons. The van der Waals surface area contributed by atoms with Crippen molar-refractivity contribution in [3.05, 3.63) is 29.3 Å². The molecule has 5 atom stereocenters. The standard InChI is InChI=1S/C18H25N/c1-11-5-3-8-17(12(11)2)19-18-10-13-9-16(18)15-7-4-6-14(13)15/h3,5,8,13-16,18-19H,4,6-7,9-10H2,1-2H3. The lowest BCUT2D eigenvalue weighted by atomic mass is 9.79. The maximum atomic E-state index is 3.89. The van der Waals surface area contributed by atoms with Crippen molar-refractivity contribution in [3.8, 4) is 0 Å². The van der Waals surface area contributed by atoms with Gasteiger partial charge in [-0.25, -0.2) is 0 Å². The molecule has 1 aromatic carbocycles. The van der Waals surface area contributed by atoms with Crippen LogP contribution in [0.4, 0.5) is 5.69 Å². The maximum absolute atomic E-state index is 3.89. The topological polar surface area (TPSA) is 12.0 Å². The molecular weight excluding hydrogens is 230 g/mol. The van der Waals surface area contributed by atoms with Crippen molar-refractivity contribution in [1.82, 2.24) is 0 Å². The second-order valence-electron chi connectivity index (χ2n) is 7.15. The second kappa shape index (κ2) is 4.26. The Hall–Kier alpha value is -0.980. The summed E-state index contributed by atoms with van der Waals surface area (Å²) in [5.74, 6) is 4.17. The lowest BCUT2D eigenvalue weighted by Crippen LogP contribution is -2.34. The van der Waals surface area contributed by atoms with Gasteiger partial charge in [0.1, 0.15) is 0 Å². The minimum absolute atomic E-state index is 0.754. The van der Waals surface area contributed by atoms with Gasteiger partial charge in [-0.1, -0.05) is 18.6 Å². The molecule has 3 saturated carbocycles. The summed E-state index contributed by atoms with van der Waals surface area (Å²) in [6, 6.07) is 7.43. The first-order valence-corrected chi connectivity index (χ1v) is 8.07. The van der Waals surface area contributed by atoms with Crippen molar-refractivity contribution in [2.45, 2.75) is 52.0 Å². The molecule has 102 valence electrons. The summed E-state index contributed by atoms with van der Waals surface area (Å²) in [4.78, 5) is 0. The summed E-state index contributed by atoms with van der Waals surface area (Å²) in [5.41, 5.74) is 4.23. The minimum atomic E-state index is 0.754. The number of anilines is 1. The van der Waals surface area contributed by atoms with E-state index in [1.165, 1.54) is 48.9 Å². The Morgan fingerprint density at radius 1 is 1.00 bits per heavy atom. The van der Waals surface area contributed by atoms with Crippen LogP contribution in [-0.2, 0) is 0 Å². The lowest BCUT2D eigenvalue weighted by molar-refractivity contribution is 0.243. The van der Waals surface area contributed by atoms with Crippen molar-refractivity contribution < 1.29 is 0 Å². The Morgan fingerprint density at radius 2 is 1.84 bits per heavy atom. The molecule has 0 amide bonds. The predicted molar refractivity (Wildman–Crippen MR) is 80.4 cm³/mol. The number of hydrogen-bond donors (Lipinski definition) is 1. The molecule has 19 heavy (non-hydrogen) atoms. The summed E-state index contributed by atoms with van der Waals surface area (Å²) in [6.45, 7) is 4.47. The molecular formula is C18H25N. The first-order valence-electron chi connectivity index (χ1n) is 8.07. The highest BCUT2D eigenvalue weighted by Gasteiger charge is 2.53. The summed E-state index contributed by atoms with van der Waals surface area (Å²) in [7, 11) is 0. The fourth-order valence-electron chi connectivity index (χ4n) is 5.34. The van der Waals surface area contributed by atoms with Gasteiger partial charge in [0.15, 0.2) is 0 Å². The van der Waals surface area contributed by atoms with Gasteiger partial charge in [0, 0.05) is 11.7 Å².